The average Bonchev–Trinajstić information content (AvgIpc) is 2.79. The van der Waals surface area contributed by atoms with Crippen molar-refractivity contribution in [3.8, 4) is 0 Å². The Morgan fingerprint density at radius 2 is 1.85 bits per heavy atom. The van der Waals surface area contributed by atoms with Crippen molar-refractivity contribution in [2.45, 2.75) is 31.0 Å². The summed E-state index contributed by atoms with van der Waals surface area (Å²) in [6, 6.07) is 8.75. The highest BCUT2D eigenvalue weighted by molar-refractivity contribution is 7.91. The molecule has 2 aromatic rings. The summed E-state index contributed by atoms with van der Waals surface area (Å²) in [5.74, 6) is 0. The van der Waals surface area contributed by atoms with Crippen LogP contribution in [0.3, 0.4) is 0 Å². The fourth-order valence-electron chi connectivity index (χ4n) is 1.83. The smallest absolute Gasteiger partial charge is 0.206 e. The molecule has 0 bridgehead atoms. The maximum Gasteiger partial charge on any atom is 0.250 e. The minimum absolute atomic E-state index is 0.234. The number of halogens is 1. The van der Waals surface area contributed by atoms with Crippen molar-refractivity contribution in [2.24, 2.45) is 0 Å². The molecule has 1 aromatic heterocycles. The van der Waals surface area contributed by atoms with Crippen molar-refractivity contribution in [3.63, 3.8) is 0 Å². The molecular weight excluding hydrogens is 314 g/mol. The molecule has 0 saturated heterocycles. The van der Waals surface area contributed by atoms with Crippen LogP contribution in [-0.2, 0) is 10.0 Å². The summed E-state index contributed by atoms with van der Waals surface area (Å²) in [5, 5.41) is 0. The molecule has 1 N–H and O–H groups in total. The molecule has 0 aliphatic rings. The van der Waals surface area contributed by atoms with Gasteiger partial charge in [0.1, 0.15) is 4.21 Å². The Morgan fingerprint density at radius 3 is 2.40 bits per heavy atom. The number of benzene rings is 1. The molecule has 1 atom stereocenters. The maximum absolute atomic E-state index is 12.2. The quantitative estimate of drug-likeness (QED) is 0.919. The first-order valence-corrected chi connectivity index (χ1v) is 8.82. The van der Waals surface area contributed by atoms with Gasteiger partial charge in [-0.15, -0.1) is 11.3 Å². The summed E-state index contributed by atoms with van der Waals surface area (Å²) in [6.07, 6.45) is 0. The van der Waals surface area contributed by atoms with Crippen molar-refractivity contribution in [3.05, 3.63) is 51.4 Å². The summed E-state index contributed by atoms with van der Waals surface area (Å²) in [7, 11) is -3.53. The van der Waals surface area contributed by atoms with Gasteiger partial charge >= 0.3 is 0 Å². The van der Waals surface area contributed by atoms with E-state index in [4.69, 9.17) is 11.6 Å². The van der Waals surface area contributed by atoms with Crippen LogP contribution >= 0.6 is 22.9 Å². The predicted molar refractivity (Wildman–Crippen MR) is 84.0 cm³/mol. The Labute approximate surface area is 128 Å². The minimum atomic E-state index is -3.53. The number of thiophene rings is 1. The van der Waals surface area contributed by atoms with Crippen LogP contribution in [0.2, 0.25) is 4.34 Å². The highest BCUT2D eigenvalue weighted by atomic mass is 35.5. The highest BCUT2D eigenvalue weighted by Crippen LogP contribution is 2.27. The Balaban J connectivity index is 2.22. The molecule has 1 aromatic carbocycles. The zero-order valence-electron chi connectivity index (χ0n) is 11.5. The Kier molecular flexibility index (Phi) is 4.54. The summed E-state index contributed by atoms with van der Waals surface area (Å²) < 4.78 is 27.8. The van der Waals surface area contributed by atoms with Gasteiger partial charge in [-0.2, -0.15) is 0 Å². The molecule has 0 amide bonds. The second-order valence-electron chi connectivity index (χ2n) is 4.75. The van der Waals surface area contributed by atoms with E-state index in [9.17, 15) is 8.42 Å². The minimum Gasteiger partial charge on any atom is -0.206 e. The standard InChI is InChI=1S/C14H16ClNO2S2/c1-9-4-5-12(8-10(9)2)11(3)16-20(17,18)14-7-6-13(15)19-14/h4-8,11,16H,1-3H3. The zero-order valence-corrected chi connectivity index (χ0v) is 13.9. The Morgan fingerprint density at radius 1 is 1.15 bits per heavy atom. The number of hydrogen-bond acceptors (Lipinski definition) is 3. The van der Waals surface area contributed by atoms with Crippen molar-refractivity contribution in [1.82, 2.24) is 4.72 Å². The summed E-state index contributed by atoms with van der Waals surface area (Å²) in [4.78, 5) is 0. The molecule has 0 fully saturated rings. The van der Waals surface area contributed by atoms with Gasteiger partial charge in [0.2, 0.25) is 0 Å². The van der Waals surface area contributed by atoms with Gasteiger partial charge < -0.3 is 0 Å². The molecule has 1 unspecified atom stereocenters. The summed E-state index contributed by atoms with van der Waals surface area (Å²) >= 11 is 6.84. The second-order valence-corrected chi connectivity index (χ2v) is 8.40. The van der Waals surface area contributed by atoms with E-state index in [1.54, 1.807) is 6.07 Å². The van der Waals surface area contributed by atoms with Gasteiger partial charge in [-0.3, -0.25) is 0 Å². The van der Waals surface area contributed by atoms with Gasteiger partial charge in [0.15, 0.2) is 0 Å². The molecule has 0 aliphatic heterocycles. The van der Waals surface area contributed by atoms with Crippen LogP contribution < -0.4 is 4.72 Å². The van der Waals surface area contributed by atoms with Gasteiger partial charge in [-0.05, 0) is 49.6 Å². The number of aryl methyl sites for hydroxylation is 2. The van der Waals surface area contributed by atoms with Crippen LogP contribution in [0.5, 0.6) is 0 Å². The third kappa shape index (κ3) is 3.41. The van der Waals surface area contributed by atoms with Gasteiger partial charge in [0, 0.05) is 6.04 Å². The Bertz CT molecular complexity index is 723. The molecule has 0 saturated carbocycles. The predicted octanol–water partition coefficient (Wildman–Crippen LogP) is 4.06. The van der Waals surface area contributed by atoms with Gasteiger partial charge in [0.25, 0.3) is 10.0 Å². The van der Waals surface area contributed by atoms with E-state index in [1.165, 1.54) is 11.6 Å². The van der Waals surface area contributed by atoms with E-state index in [1.807, 2.05) is 39.0 Å². The van der Waals surface area contributed by atoms with E-state index in [2.05, 4.69) is 4.72 Å². The van der Waals surface area contributed by atoms with Crippen molar-refractivity contribution in [1.29, 1.82) is 0 Å². The lowest BCUT2D eigenvalue weighted by Gasteiger charge is -2.15. The number of hydrogen-bond donors (Lipinski definition) is 1. The molecule has 0 spiro atoms. The van der Waals surface area contributed by atoms with E-state index in [-0.39, 0.29) is 10.3 Å². The van der Waals surface area contributed by atoms with Crippen molar-refractivity contribution < 1.29 is 8.42 Å². The monoisotopic (exact) mass is 329 g/mol. The Hall–Kier alpha value is -0.880. The molecule has 0 aliphatic carbocycles. The fraction of sp³-hybridized carbons (Fsp3) is 0.286. The average molecular weight is 330 g/mol. The molecule has 1 heterocycles. The number of nitrogens with one attached hydrogen (secondary N) is 1. The van der Waals surface area contributed by atoms with E-state index in [0.29, 0.717) is 4.34 Å². The highest BCUT2D eigenvalue weighted by Gasteiger charge is 2.20. The van der Waals surface area contributed by atoms with Crippen molar-refractivity contribution in [2.75, 3.05) is 0 Å². The lowest BCUT2D eigenvalue weighted by atomic mass is 10.0. The lowest BCUT2D eigenvalue weighted by Crippen LogP contribution is -2.26. The topological polar surface area (TPSA) is 46.2 Å². The van der Waals surface area contributed by atoms with Crippen LogP contribution in [0, 0.1) is 13.8 Å². The van der Waals surface area contributed by atoms with E-state index < -0.39 is 10.0 Å². The third-order valence-electron chi connectivity index (χ3n) is 3.18. The number of sulfonamides is 1. The maximum atomic E-state index is 12.2. The SMILES string of the molecule is Cc1ccc(C(C)NS(=O)(=O)c2ccc(Cl)s2)cc1C. The summed E-state index contributed by atoms with van der Waals surface area (Å²) in [5.41, 5.74) is 3.28. The first-order chi connectivity index (χ1) is 9.29. The van der Waals surface area contributed by atoms with Crippen LogP contribution in [0.4, 0.5) is 0 Å². The van der Waals surface area contributed by atoms with Crippen molar-refractivity contribution >= 4 is 33.0 Å². The molecule has 6 heteroatoms. The van der Waals surface area contributed by atoms with Crippen LogP contribution in [-0.4, -0.2) is 8.42 Å². The number of rotatable bonds is 4. The molecule has 108 valence electrons. The molecule has 2 rings (SSSR count). The second kappa shape index (κ2) is 5.85. The van der Waals surface area contributed by atoms with Crippen LogP contribution in [0.25, 0.3) is 0 Å². The largest absolute Gasteiger partial charge is 0.250 e. The van der Waals surface area contributed by atoms with Crippen LogP contribution in [0.1, 0.15) is 29.7 Å². The fourth-order valence-corrected chi connectivity index (χ4v) is 4.57. The zero-order chi connectivity index (χ0) is 14.9. The molecule has 0 radical (unpaired) electrons. The van der Waals surface area contributed by atoms with Crippen LogP contribution in [0.15, 0.2) is 34.5 Å². The van der Waals surface area contributed by atoms with Gasteiger partial charge in [0.05, 0.1) is 4.34 Å². The van der Waals surface area contributed by atoms with E-state index >= 15 is 0 Å². The molecule has 3 nitrogen and oxygen atoms in total. The first-order valence-electron chi connectivity index (χ1n) is 6.14. The third-order valence-corrected chi connectivity index (χ3v) is 6.44. The normalized spacial score (nSPS) is 13.4. The van der Waals surface area contributed by atoms with E-state index in [0.717, 1.165) is 22.5 Å². The van der Waals surface area contributed by atoms with Gasteiger partial charge in [-0.25, -0.2) is 13.1 Å². The summed E-state index contributed by atoms with van der Waals surface area (Å²) in [6.45, 7) is 5.87. The lowest BCUT2D eigenvalue weighted by molar-refractivity contribution is 0.569. The molecular formula is C14H16ClNO2S2. The molecule has 20 heavy (non-hydrogen) atoms. The van der Waals surface area contributed by atoms with Gasteiger partial charge in [-0.1, -0.05) is 29.8 Å². The first kappa shape index (κ1) is 15.5.